The number of aliphatic carboxylic acids is 1. The fraction of sp³-hybridized carbons (Fsp3) is 0.778. The number of nitrogens with zero attached hydrogens (tertiary/aromatic N) is 2. The van der Waals surface area contributed by atoms with Crippen molar-refractivity contribution in [3.63, 3.8) is 0 Å². The largest absolute Gasteiger partial charge is 0.480 e. The Morgan fingerprint density at radius 3 is 2.60 bits per heavy atom. The highest BCUT2D eigenvalue weighted by atomic mass is 16.4. The molecule has 0 aliphatic rings. The van der Waals surface area contributed by atoms with Gasteiger partial charge in [-0.2, -0.15) is 0 Å². The lowest BCUT2D eigenvalue weighted by molar-refractivity contribution is -0.139. The van der Waals surface area contributed by atoms with Gasteiger partial charge in [0.2, 0.25) is 0 Å². The molecule has 4 N–H and O–H groups in total. The quantitative estimate of drug-likeness (QED) is 0.311. The lowest BCUT2D eigenvalue weighted by Gasteiger charge is -2.11. The van der Waals surface area contributed by atoms with Gasteiger partial charge in [-0.1, -0.05) is 0 Å². The lowest BCUT2D eigenvalue weighted by atomic mass is 10.1. The number of hydrogen-bond acceptors (Lipinski definition) is 3. The number of nitrogens with two attached hydrogens (primary N) is 1. The zero-order valence-electron chi connectivity index (χ0n) is 9.53. The third-order valence-corrected chi connectivity index (χ3v) is 2.03. The van der Waals surface area contributed by atoms with E-state index in [2.05, 4.69) is 10.3 Å². The predicted molar refractivity (Wildman–Crippen MR) is 59.9 cm³/mol. The summed E-state index contributed by atoms with van der Waals surface area (Å²) in [5.41, 5.74) is 5.57. The van der Waals surface area contributed by atoms with E-state index in [1.807, 2.05) is 14.1 Å². The van der Waals surface area contributed by atoms with Crippen LogP contribution in [-0.4, -0.2) is 55.7 Å². The van der Waals surface area contributed by atoms with Gasteiger partial charge < -0.3 is 21.1 Å². The smallest absolute Gasteiger partial charge is 0.320 e. The zero-order chi connectivity index (χ0) is 11.8. The summed E-state index contributed by atoms with van der Waals surface area (Å²) >= 11 is 0. The molecule has 0 saturated heterocycles. The Labute approximate surface area is 90.2 Å². The third-order valence-electron chi connectivity index (χ3n) is 2.03. The monoisotopic (exact) mass is 216 g/mol. The SMILES string of the molecule is CNC(CCCN=C(N)N(C)C)C(=O)O. The average Bonchev–Trinajstić information content (AvgIpc) is 2.16. The van der Waals surface area contributed by atoms with Crippen molar-refractivity contribution in [2.75, 3.05) is 27.7 Å². The van der Waals surface area contributed by atoms with Crippen molar-refractivity contribution >= 4 is 11.9 Å². The van der Waals surface area contributed by atoms with Gasteiger partial charge in [0.05, 0.1) is 0 Å². The first kappa shape index (κ1) is 13.7. The second-order valence-corrected chi connectivity index (χ2v) is 3.46. The summed E-state index contributed by atoms with van der Waals surface area (Å²) in [4.78, 5) is 16.4. The van der Waals surface area contributed by atoms with Crippen molar-refractivity contribution in [2.24, 2.45) is 10.7 Å². The maximum absolute atomic E-state index is 10.6. The van der Waals surface area contributed by atoms with Gasteiger partial charge in [-0.25, -0.2) is 0 Å². The minimum atomic E-state index is -0.831. The fourth-order valence-electron chi connectivity index (χ4n) is 1.02. The summed E-state index contributed by atoms with van der Waals surface area (Å²) < 4.78 is 0. The normalized spacial score (nSPS) is 13.7. The first-order chi connectivity index (χ1) is 6.99. The first-order valence-electron chi connectivity index (χ1n) is 4.86. The molecule has 0 spiro atoms. The van der Waals surface area contributed by atoms with Crippen molar-refractivity contribution in [3.05, 3.63) is 0 Å². The van der Waals surface area contributed by atoms with E-state index in [-0.39, 0.29) is 0 Å². The highest BCUT2D eigenvalue weighted by Gasteiger charge is 2.13. The van der Waals surface area contributed by atoms with Gasteiger partial charge in [-0.05, 0) is 19.9 Å². The van der Waals surface area contributed by atoms with E-state index in [1.54, 1.807) is 11.9 Å². The molecule has 0 heterocycles. The molecule has 0 aliphatic carbocycles. The maximum Gasteiger partial charge on any atom is 0.320 e. The van der Waals surface area contributed by atoms with Gasteiger partial charge in [0.25, 0.3) is 0 Å². The molecule has 88 valence electrons. The van der Waals surface area contributed by atoms with Crippen LogP contribution >= 0.6 is 0 Å². The summed E-state index contributed by atoms with van der Waals surface area (Å²) in [5, 5.41) is 11.5. The van der Waals surface area contributed by atoms with E-state index in [0.717, 1.165) is 0 Å². The van der Waals surface area contributed by atoms with E-state index in [9.17, 15) is 4.79 Å². The highest BCUT2D eigenvalue weighted by Crippen LogP contribution is 1.97. The third kappa shape index (κ3) is 5.90. The van der Waals surface area contributed by atoms with Gasteiger partial charge in [0.1, 0.15) is 6.04 Å². The number of carbonyl (C=O) groups is 1. The molecule has 15 heavy (non-hydrogen) atoms. The Morgan fingerprint density at radius 1 is 1.60 bits per heavy atom. The van der Waals surface area contributed by atoms with Crippen molar-refractivity contribution in [1.29, 1.82) is 0 Å². The minimum absolute atomic E-state index is 0.464. The zero-order valence-corrected chi connectivity index (χ0v) is 9.53. The van der Waals surface area contributed by atoms with Crippen LogP contribution in [0.4, 0.5) is 0 Å². The van der Waals surface area contributed by atoms with E-state index in [4.69, 9.17) is 10.8 Å². The predicted octanol–water partition coefficient (Wildman–Crippen LogP) is -0.684. The van der Waals surface area contributed by atoms with E-state index < -0.39 is 12.0 Å². The van der Waals surface area contributed by atoms with Crippen LogP contribution in [0.5, 0.6) is 0 Å². The van der Waals surface area contributed by atoms with Gasteiger partial charge in [-0.15, -0.1) is 0 Å². The van der Waals surface area contributed by atoms with Crippen LogP contribution in [0.3, 0.4) is 0 Å². The number of likely N-dealkylation sites (N-methyl/N-ethyl adjacent to an activating group) is 1. The molecule has 1 atom stereocenters. The van der Waals surface area contributed by atoms with Crippen molar-refractivity contribution in [1.82, 2.24) is 10.2 Å². The standard InChI is InChI=1S/C9H20N4O2/c1-11-7(8(14)15)5-4-6-12-9(10)13(2)3/h7,11H,4-6H2,1-3H3,(H2,10,12)(H,14,15). The fourth-order valence-corrected chi connectivity index (χ4v) is 1.02. The summed E-state index contributed by atoms with van der Waals surface area (Å²) in [6, 6.07) is -0.499. The molecule has 0 fully saturated rings. The van der Waals surface area contributed by atoms with Gasteiger partial charge in [0.15, 0.2) is 5.96 Å². The van der Waals surface area contributed by atoms with Crippen LogP contribution < -0.4 is 11.1 Å². The molecule has 0 rings (SSSR count). The second-order valence-electron chi connectivity index (χ2n) is 3.46. The number of carboxylic acids is 1. The van der Waals surface area contributed by atoms with Crippen LogP contribution in [0.2, 0.25) is 0 Å². The molecule has 0 aromatic heterocycles. The Balaban J connectivity index is 3.79. The Bertz CT molecular complexity index is 228. The van der Waals surface area contributed by atoms with Crippen LogP contribution in [0.1, 0.15) is 12.8 Å². The molecule has 0 radical (unpaired) electrons. The number of carboxylic acid groups (broad SMARTS) is 1. The molecule has 1 unspecified atom stereocenters. The van der Waals surface area contributed by atoms with Gasteiger partial charge in [0, 0.05) is 20.6 Å². The molecule has 0 bridgehead atoms. The number of nitrogens with one attached hydrogen (secondary N) is 1. The molecule has 0 aromatic rings. The average molecular weight is 216 g/mol. The van der Waals surface area contributed by atoms with Crippen LogP contribution in [0, 0.1) is 0 Å². The molecule has 0 aromatic carbocycles. The number of guanidine groups is 1. The molecule has 0 saturated carbocycles. The second kappa shape index (κ2) is 7.05. The topological polar surface area (TPSA) is 91.0 Å². The minimum Gasteiger partial charge on any atom is -0.480 e. The summed E-state index contributed by atoms with van der Waals surface area (Å²) in [6.07, 6.45) is 1.25. The molecule has 0 aliphatic heterocycles. The molecular formula is C9H20N4O2. The van der Waals surface area contributed by atoms with Crippen molar-refractivity contribution in [2.45, 2.75) is 18.9 Å². The van der Waals surface area contributed by atoms with E-state index in [1.165, 1.54) is 0 Å². The number of aliphatic imine (C=N–C) groups is 1. The molecule has 6 nitrogen and oxygen atoms in total. The number of hydrogen-bond donors (Lipinski definition) is 3. The lowest BCUT2D eigenvalue weighted by Crippen LogP contribution is -2.34. The van der Waals surface area contributed by atoms with E-state index >= 15 is 0 Å². The summed E-state index contributed by atoms with van der Waals surface area (Å²) in [6.45, 7) is 0.551. The Hall–Kier alpha value is -1.30. The molecular weight excluding hydrogens is 196 g/mol. The van der Waals surface area contributed by atoms with Crippen LogP contribution in [-0.2, 0) is 4.79 Å². The maximum atomic E-state index is 10.6. The van der Waals surface area contributed by atoms with Gasteiger partial charge in [-0.3, -0.25) is 9.79 Å². The first-order valence-corrected chi connectivity index (χ1v) is 4.86. The number of rotatable bonds is 6. The van der Waals surface area contributed by atoms with E-state index in [0.29, 0.717) is 25.3 Å². The van der Waals surface area contributed by atoms with Crippen LogP contribution in [0.15, 0.2) is 4.99 Å². The Morgan fingerprint density at radius 2 is 2.20 bits per heavy atom. The molecule has 0 amide bonds. The Kier molecular flexibility index (Phi) is 6.44. The molecule has 6 heteroatoms. The summed E-state index contributed by atoms with van der Waals surface area (Å²) in [7, 11) is 5.26. The summed E-state index contributed by atoms with van der Waals surface area (Å²) in [5.74, 6) is -0.367. The highest BCUT2D eigenvalue weighted by molar-refractivity contribution is 5.77. The van der Waals surface area contributed by atoms with Crippen molar-refractivity contribution < 1.29 is 9.90 Å². The van der Waals surface area contributed by atoms with Crippen LogP contribution in [0.25, 0.3) is 0 Å². The van der Waals surface area contributed by atoms with Gasteiger partial charge >= 0.3 is 5.97 Å². The van der Waals surface area contributed by atoms with Crippen molar-refractivity contribution in [3.8, 4) is 0 Å².